The number of hydrogen-bond donors (Lipinski definition) is 0. The summed E-state index contributed by atoms with van der Waals surface area (Å²) < 4.78 is 19.2. The number of carbonyl (C=O) groups excluding carboxylic acids is 2. The van der Waals surface area contributed by atoms with Crippen LogP contribution in [-0.4, -0.2) is 16.0 Å². The normalized spacial score (nSPS) is 15.0. The molecule has 1 aliphatic heterocycles. The van der Waals surface area contributed by atoms with Crippen LogP contribution in [0, 0.1) is 5.82 Å². The Balaban J connectivity index is 1.53. The van der Waals surface area contributed by atoms with E-state index in [1.165, 1.54) is 12.1 Å². The fraction of sp³-hybridized carbons (Fsp3) is 0.0833. The molecule has 1 heterocycles. The third-order valence-electron chi connectivity index (χ3n) is 4.66. The SMILES string of the molecule is O=C1S/C(=C/c2ccccc2OCc2ccccc2)C(=O)N1Cc1ccc(F)cc1Cl. The molecule has 1 saturated heterocycles. The van der Waals surface area contributed by atoms with E-state index >= 15 is 0 Å². The molecular formula is C24H17ClFNO3S. The summed E-state index contributed by atoms with van der Waals surface area (Å²) in [7, 11) is 0. The molecule has 31 heavy (non-hydrogen) atoms. The van der Waals surface area contributed by atoms with Gasteiger partial charge in [-0.05, 0) is 47.2 Å². The van der Waals surface area contributed by atoms with E-state index in [1.54, 1.807) is 6.08 Å². The zero-order chi connectivity index (χ0) is 21.8. The van der Waals surface area contributed by atoms with E-state index in [4.69, 9.17) is 16.3 Å². The van der Waals surface area contributed by atoms with Crippen molar-refractivity contribution in [1.29, 1.82) is 0 Å². The molecule has 0 aliphatic carbocycles. The number of nitrogens with zero attached hydrogens (tertiary/aromatic N) is 1. The molecular weight excluding hydrogens is 437 g/mol. The van der Waals surface area contributed by atoms with Crippen LogP contribution in [0.2, 0.25) is 5.02 Å². The van der Waals surface area contributed by atoms with Crippen molar-refractivity contribution in [2.75, 3.05) is 0 Å². The van der Waals surface area contributed by atoms with Crippen molar-refractivity contribution in [2.24, 2.45) is 0 Å². The summed E-state index contributed by atoms with van der Waals surface area (Å²) in [6.07, 6.45) is 1.65. The molecule has 1 aliphatic rings. The average Bonchev–Trinajstić information content (AvgIpc) is 3.03. The first-order chi connectivity index (χ1) is 15.0. The molecule has 2 amide bonds. The van der Waals surface area contributed by atoms with Gasteiger partial charge in [0.1, 0.15) is 18.2 Å². The molecule has 3 aromatic carbocycles. The van der Waals surface area contributed by atoms with E-state index in [1.807, 2.05) is 54.6 Å². The maximum atomic E-state index is 13.3. The highest BCUT2D eigenvalue weighted by molar-refractivity contribution is 8.18. The second kappa shape index (κ2) is 9.37. The average molecular weight is 454 g/mol. The van der Waals surface area contributed by atoms with Gasteiger partial charge in [0.15, 0.2) is 0 Å². The number of imide groups is 1. The topological polar surface area (TPSA) is 46.6 Å². The zero-order valence-electron chi connectivity index (χ0n) is 16.3. The first kappa shape index (κ1) is 21.2. The maximum Gasteiger partial charge on any atom is 0.293 e. The van der Waals surface area contributed by atoms with Crippen molar-refractivity contribution < 1.29 is 18.7 Å². The van der Waals surface area contributed by atoms with Crippen LogP contribution in [0.25, 0.3) is 6.08 Å². The number of thioether (sulfide) groups is 1. The number of amides is 2. The Bertz CT molecular complexity index is 1170. The number of para-hydroxylation sites is 1. The van der Waals surface area contributed by atoms with Crippen molar-refractivity contribution in [3.05, 3.63) is 105 Å². The minimum absolute atomic E-state index is 0.0206. The first-order valence-corrected chi connectivity index (χ1v) is 10.7. The molecule has 0 N–H and O–H groups in total. The minimum Gasteiger partial charge on any atom is -0.488 e. The number of benzene rings is 3. The van der Waals surface area contributed by atoms with Crippen molar-refractivity contribution in [3.8, 4) is 5.75 Å². The fourth-order valence-electron chi connectivity index (χ4n) is 3.06. The van der Waals surface area contributed by atoms with Crippen LogP contribution in [0.1, 0.15) is 16.7 Å². The third-order valence-corrected chi connectivity index (χ3v) is 5.92. The molecule has 0 spiro atoms. The lowest BCUT2D eigenvalue weighted by molar-refractivity contribution is -0.123. The highest BCUT2D eigenvalue weighted by Crippen LogP contribution is 2.35. The minimum atomic E-state index is -0.477. The van der Waals surface area contributed by atoms with E-state index in [2.05, 4.69) is 0 Å². The van der Waals surface area contributed by atoms with Gasteiger partial charge >= 0.3 is 0 Å². The van der Waals surface area contributed by atoms with Crippen LogP contribution < -0.4 is 4.74 Å². The molecule has 156 valence electrons. The van der Waals surface area contributed by atoms with Gasteiger partial charge in [-0.15, -0.1) is 0 Å². The lowest BCUT2D eigenvalue weighted by Gasteiger charge is -2.13. The van der Waals surface area contributed by atoms with Crippen LogP contribution in [0.4, 0.5) is 9.18 Å². The van der Waals surface area contributed by atoms with Gasteiger partial charge in [0.05, 0.1) is 11.4 Å². The van der Waals surface area contributed by atoms with Crippen LogP contribution in [-0.2, 0) is 17.9 Å². The van der Waals surface area contributed by atoms with Gasteiger partial charge in [-0.2, -0.15) is 0 Å². The molecule has 0 unspecified atom stereocenters. The molecule has 0 bridgehead atoms. The molecule has 4 rings (SSSR count). The molecule has 1 fully saturated rings. The molecule has 7 heteroatoms. The summed E-state index contributed by atoms with van der Waals surface area (Å²) in [6, 6.07) is 20.9. The van der Waals surface area contributed by atoms with Crippen LogP contribution in [0.3, 0.4) is 0 Å². The number of carbonyl (C=O) groups is 2. The molecule has 0 aromatic heterocycles. The summed E-state index contributed by atoms with van der Waals surface area (Å²) in [5.74, 6) is -0.289. The molecule has 0 radical (unpaired) electrons. The summed E-state index contributed by atoms with van der Waals surface area (Å²) in [6.45, 7) is 0.365. The predicted molar refractivity (Wildman–Crippen MR) is 120 cm³/mol. The lowest BCUT2D eigenvalue weighted by Crippen LogP contribution is -2.27. The van der Waals surface area contributed by atoms with E-state index < -0.39 is 17.0 Å². The quantitative estimate of drug-likeness (QED) is 0.411. The van der Waals surface area contributed by atoms with E-state index in [9.17, 15) is 14.0 Å². The monoisotopic (exact) mass is 453 g/mol. The van der Waals surface area contributed by atoms with Crippen LogP contribution >= 0.6 is 23.4 Å². The van der Waals surface area contributed by atoms with Crippen molar-refractivity contribution in [1.82, 2.24) is 4.90 Å². The summed E-state index contributed by atoms with van der Waals surface area (Å²) in [4.78, 5) is 26.7. The second-order valence-corrected chi connectivity index (χ2v) is 8.22. The molecule has 3 aromatic rings. The summed E-state index contributed by atoms with van der Waals surface area (Å²) in [5.41, 5.74) is 2.22. The number of ether oxygens (including phenoxy) is 1. The van der Waals surface area contributed by atoms with E-state index in [-0.39, 0.29) is 11.6 Å². The Morgan fingerprint density at radius 3 is 2.52 bits per heavy atom. The van der Waals surface area contributed by atoms with Gasteiger partial charge in [-0.25, -0.2) is 4.39 Å². The Morgan fingerprint density at radius 2 is 1.74 bits per heavy atom. The highest BCUT2D eigenvalue weighted by atomic mass is 35.5. The van der Waals surface area contributed by atoms with Gasteiger partial charge in [-0.1, -0.05) is 66.2 Å². The Morgan fingerprint density at radius 1 is 1.00 bits per heavy atom. The van der Waals surface area contributed by atoms with Gasteiger partial charge < -0.3 is 4.74 Å². The van der Waals surface area contributed by atoms with Crippen molar-refractivity contribution >= 4 is 40.6 Å². The van der Waals surface area contributed by atoms with Crippen LogP contribution in [0.5, 0.6) is 5.75 Å². The van der Waals surface area contributed by atoms with Gasteiger partial charge in [0, 0.05) is 10.6 Å². The van der Waals surface area contributed by atoms with Crippen molar-refractivity contribution in [3.63, 3.8) is 0 Å². The lowest BCUT2D eigenvalue weighted by atomic mass is 10.1. The first-order valence-electron chi connectivity index (χ1n) is 9.46. The largest absolute Gasteiger partial charge is 0.488 e. The van der Waals surface area contributed by atoms with Gasteiger partial charge in [0.2, 0.25) is 0 Å². The molecule has 4 nitrogen and oxygen atoms in total. The molecule has 0 saturated carbocycles. The smallest absolute Gasteiger partial charge is 0.293 e. The number of hydrogen-bond acceptors (Lipinski definition) is 4. The summed E-state index contributed by atoms with van der Waals surface area (Å²) in [5, 5.41) is -0.234. The number of halogens is 2. The zero-order valence-corrected chi connectivity index (χ0v) is 17.8. The predicted octanol–water partition coefficient (Wildman–Crippen LogP) is 6.29. The van der Waals surface area contributed by atoms with E-state index in [0.717, 1.165) is 28.3 Å². The summed E-state index contributed by atoms with van der Waals surface area (Å²) >= 11 is 6.90. The van der Waals surface area contributed by atoms with E-state index in [0.29, 0.717) is 28.4 Å². The Kier molecular flexibility index (Phi) is 6.39. The second-order valence-electron chi connectivity index (χ2n) is 6.82. The Labute approximate surface area is 188 Å². The molecule has 0 atom stereocenters. The third kappa shape index (κ3) is 4.98. The van der Waals surface area contributed by atoms with Crippen molar-refractivity contribution in [2.45, 2.75) is 13.2 Å². The fourth-order valence-corrected chi connectivity index (χ4v) is 4.12. The van der Waals surface area contributed by atoms with Crippen LogP contribution in [0.15, 0.2) is 77.7 Å². The standard InChI is InChI=1S/C24H17ClFNO3S/c25-20-13-19(26)11-10-18(20)14-27-23(28)22(31-24(27)29)12-17-8-4-5-9-21(17)30-15-16-6-2-1-3-7-16/h1-13H,14-15H2/b22-12+. The number of rotatable bonds is 6. The highest BCUT2D eigenvalue weighted by Gasteiger charge is 2.35. The van der Waals surface area contributed by atoms with Gasteiger partial charge in [0.25, 0.3) is 11.1 Å². The Hall–Kier alpha value is -3.09. The maximum absolute atomic E-state index is 13.3. The van der Waals surface area contributed by atoms with Gasteiger partial charge in [-0.3, -0.25) is 14.5 Å².